The summed E-state index contributed by atoms with van der Waals surface area (Å²) in [4.78, 5) is 32.7. The van der Waals surface area contributed by atoms with E-state index in [4.69, 9.17) is 9.47 Å². The van der Waals surface area contributed by atoms with E-state index in [1.807, 2.05) is 38.1 Å². The summed E-state index contributed by atoms with van der Waals surface area (Å²) < 4.78 is 27.3. The summed E-state index contributed by atoms with van der Waals surface area (Å²) in [5.74, 6) is -0.526. The minimum atomic E-state index is -1.59. The van der Waals surface area contributed by atoms with Gasteiger partial charge >= 0.3 is 5.69 Å². The van der Waals surface area contributed by atoms with Crippen LogP contribution in [-0.4, -0.2) is 65.9 Å². The molecule has 0 bridgehead atoms. The first-order valence-electron chi connectivity index (χ1n) is 12.0. The zero-order chi connectivity index (χ0) is 26.7. The van der Waals surface area contributed by atoms with Crippen LogP contribution < -0.4 is 16.0 Å². The van der Waals surface area contributed by atoms with Gasteiger partial charge in [0.15, 0.2) is 6.23 Å². The van der Waals surface area contributed by atoms with Gasteiger partial charge in [-0.2, -0.15) is 4.39 Å². The summed E-state index contributed by atoms with van der Waals surface area (Å²) >= 11 is 0. The van der Waals surface area contributed by atoms with Crippen LogP contribution in [0, 0.1) is 11.2 Å². The van der Waals surface area contributed by atoms with Crippen molar-refractivity contribution in [1.82, 2.24) is 19.1 Å². The molecule has 2 aromatic heterocycles. The van der Waals surface area contributed by atoms with Gasteiger partial charge in [-0.1, -0.05) is 26.0 Å². The van der Waals surface area contributed by atoms with Crippen molar-refractivity contribution in [2.75, 3.05) is 13.2 Å². The number of imidazole rings is 1. The highest BCUT2D eigenvalue weighted by Crippen LogP contribution is 2.31. The summed E-state index contributed by atoms with van der Waals surface area (Å²) in [5, 5.41) is 29.5. The molecule has 0 aliphatic carbocycles. The van der Waals surface area contributed by atoms with E-state index in [1.54, 1.807) is 12.5 Å². The molecule has 0 saturated carbocycles. The smallest absolute Gasteiger partial charge is 0.333 e. The lowest BCUT2D eigenvalue weighted by atomic mass is 9.86. The third-order valence-corrected chi connectivity index (χ3v) is 6.65. The van der Waals surface area contributed by atoms with Crippen LogP contribution in [0.4, 0.5) is 4.39 Å². The molecular weight excluding hydrogens is 487 g/mol. The molecule has 3 aromatic rings. The zero-order valence-electron chi connectivity index (χ0n) is 20.6. The van der Waals surface area contributed by atoms with Gasteiger partial charge in [0.05, 0.1) is 31.4 Å². The van der Waals surface area contributed by atoms with Crippen LogP contribution in [0.1, 0.15) is 32.9 Å². The van der Waals surface area contributed by atoms with Gasteiger partial charge in [0, 0.05) is 18.3 Å². The van der Waals surface area contributed by atoms with Gasteiger partial charge in [0.25, 0.3) is 5.56 Å². The molecule has 4 rings (SSSR count). The largest absolute Gasteiger partial charge is 0.493 e. The maximum Gasteiger partial charge on any atom is 0.333 e. The summed E-state index contributed by atoms with van der Waals surface area (Å²) in [7, 11) is 0. The molecule has 3 heterocycles. The lowest BCUT2D eigenvalue weighted by Gasteiger charge is -2.25. The minimum absolute atomic E-state index is 0.0823. The van der Waals surface area contributed by atoms with Crippen LogP contribution >= 0.6 is 0 Å². The van der Waals surface area contributed by atoms with E-state index in [-0.39, 0.29) is 12.0 Å². The molecule has 4 N–H and O–H groups in total. The van der Waals surface area contributed by atoms with Crippen molar-refractivity contribution in [3.05, 3.63) is 69.6 Å². The Morgan fingerprint density at radius 3 is 2.62 bits per heavy atom. The second kappa shape index (κ2) is 11.0. The number of H-pyrrole nitrogens is 1. The standard InChI is InChI=1S/C25H31FN4O7/c1-25(2,8-10-36-18-6-4-3-5-15(18)17-11-27-14-28-17)7-9-29-22(34)16(26)12-30(24(29)35)23-21(33)20(32)19(13-31)37-23/h3-6,11-12,14,19-21,23,31-33H,7-10,13H2,1-2H3,(H,27,28)/t19-,20-,21-,23?/m1/s1. The van der Waals surface area contributed by atoms with E-state index in [9.17, 15) is 29.3 Å². The molecular formula is C25H31FN4O7. The third kappa shape index (κ3) is 5.67. The van der Waals surface area contributed by atoms with Crippen molar-refractivity contribution in [2.45, 2.75) is 57.8 Å². The van der Waals surface area contributed by atoms with Crippen molar-refractivity contribution in [2.24, 2.45) is 5.41 Å². The molecule has 0 radical (unpaired) electrons. The van der Waals surface area contributed by atoms with Gasteiger partial charge in [-0.3, -0.25) is 13.9 Å². The monoisotopic (exact) mass is 518 g/mol. The molecule has 37 heavy (non-hydrogen) atoms. The first-order valence-corrected chi connectivity index (χ1v) is 12.0. The van der Waals surface area contributed by atoms with Crippen LogP contribution in [0.5, 0.6) is 5.75 Å². The van der Waals surface area contributed by atoms with Crippen LogP contribution in [-0.2, 0) is 11.3 Å². The Kier molecular flexibility index (Phi) is 7.93. The third-order valence-electron chi connectivity index (χ3n) is 6.65. The summed E-state index contributed by atoms with van der Waals surface area (Å²) in [6.45, 7) is 3.57. The van der Waals surface area contributed by atoms with Crippen molar-refractivity contribution in [1.29, 1.82) is 0 Å². The van der Waals surface area contributed by atoms with Gasteiger partial charge in [0.1, 0.15) is 24.1 Å². The Hall–Kier alpha value is -3.32. The normalized spacial score (nSPS) is 21.9. The van der Waals surface area contributed by atoms with Crippen LogP contribution in [0.25, 0.3) is 11.3 Å². The quantitative estimate of drug-likeness (QED) is 0.311. The average Bonchev–Trinajstić information content (AvgIpc) is 3.50. The van der Waals surface area contributed by atoms with Gasteiger partial charge in [-0.05, 0) is 30.4 Å². The highest BCUT2D eigenvalue weighted by atomic mass is 19.1. The van der Waals surface area contributed by atoms with Crippen LogP contribution in [0.3, 0.4) is 0 Å². The van der Waals surface area contributed by atoms with Gasteiger partial charge in [-0.15, -0.1) is 0 Å². The molecule has 1 unspecified atom stereocenters. The van der Waals surface area contributed by atoms with Gasteiger partial charge in [0.2, 0.25) is 5.82 Å². The minimum Gasteiger partial charge on any atom is -0.493 e. The Morgan fingerprint density at radius 1 is 1.19 bits per heavy atom. The molecule has 0 amide bonds. The van der Waals surface area contributed by atoms with E-state index in [0.717, 1.165) is 20.4 Å². The maximum atomic E-state index is 14.5. The van der Waals surface area contributed by atoms with Crippen molar-refractivity contribution >= 4 is 0 Å². The summed E-state index contributed by atoms with van der Waals surface area (Å²) in [6, 6.07) is 7.52. The fourth-order valence-electron chi connectivity index (χ4n) is 4.27. The molecule has 200 valence electrons. The summed E-state index contributed by atoms with van der Waals surface area (Å²) in [5.41, 5.74) is -0.760. The number of hydrogen-bond acceptors (Lipinski definition) is 8. The first-order chi connectivity index (χ1) is 17.6. The molecule has 1 saturated heterocycles. The predicted octanol–water partition coefficient (Wildman–Crippen LogP) is 1.04. The Labute approximate surface area is 211 Å². The van der Waals surface area contributed by atoms with Gasteiger partial charge < -0.3 is 29.8 Å². The molecule has 1 aliphatic rings. The molecule has 1 aliphatic heterocycles. The highest BCUT2D eigenvalue weighted by Gasteiger charge is 2.44. The zero-order valence-corrected chi connectivity index (χ0v) is 20.6. The van der Waals surface area contributed by atoms with E-state index >= 15 is 0 Å². The van der Waals surface area contributed by atoms with E-state index in [1.165, 1.54) is 0 Å². The fourth-order valence-corrected chi connectivity index (χ4v) is 4.27. The van der Waals surface area contributed by atoms with E-state index < -0.39 is 48.2 Å². The van der Waals surface area contributed by atoms with Gasteiger partial charge in [-0.25, -0.2) is 9.78 Å². The molecule has 1 fully saturated rings. The summed E-state index contributed by atoms with van der Waals surface area (Å²) in [6.07, 6.45) is -0.705. The number of halogens is 1. The Balaban J connectivity index is 1.44. The second-order valence-electron chi connectivity index (χ2n) is 9.82. The van der Waals surface area contributed by atoms with E-state index in [0.29, 0.717) is 31.4 Å². The lowest BCUT2D eigenvalue weighted by Crippen LogP contribution is -2.45. The van der Waals surface area contributed by atoms with E-state index in [2.05, 4.69) is 9.97 Å². The number of nitrogens with zero attached hydrogens (tertiary/aromatic N) is 3. The number of hydrogen-bond donors (Lipinski definition) is 4. The predicted molar refractivity (Wildman–Crippen MR) is 130 cm³/mol. The maximum absolute atomic E-state index is 14.5. The topological polar surface area (TPSA) is 152 Å². The number of nitrogens with one attached hydrogen (secondary N) is 1. The average molecular weight is 519 g/mol. The number of benzene rings is 1. The number of aromatic nitrogens is 4. The van der Waals surface area contributed by atoms with Crippen LogP contribution in [0.2, 0.25) is 0 Å². The first kappa shape index (κ1) is 26.7. The number of aliphatic hydroxyl groups excluding tert-OH is 3. The lowest BCUT2D eigenvalue weighted by molar-refractivity contribution is -0.0561. The highest BCUT2D eigenvalue weighted by molar-refractivity contribution is 5.66. The van der Waals surface area contributed by atoms with Crippen LogP contribution in [0.15, 0.2) is 52.6 Å². The van der Waals surface area contributed by atoms with Crippen molar-refractivity contribution in [3.8, 4) is 17.0 Å². The SMILES string of the molecule is CC(C)(CCOc1ccccc1-c1c[nH]cn1)CCn1c(=O)c(F)cn(C2O[C@H](CO)[C@@H](O)[C@H]2O)c1=O. The molecule has 12 heteroatoms. The number of para-hydroxylation sites is 1. The number of rotatable bonds is 10. The van der Waals surface area contributed by atoms with Crippen molar-refractivity contribution in [3.63, 3.8) is 0 Å². The fraction of sp³-hybridized carbons (Fsp3) is 0.480. The molecule has 0 spiro atoms. The van der Waals surface area contributed by atoms with Crippen molar-refractivity contribution < 1.29 is 29.2 Å². The number of aromatic amines is 1. The molecule has 11 nitrogen and oxygen atoms in total. The second-order valence-corrected chi connectivity index (χ2v) is 9.82. The Morgan fingerprint density at radius 2 is 1.95 bits per heavy atom. The number of aliphatic hydroxyl groups is 3. The molecule has 4 atom stereocenters. The number of ether oxygens (including phenoxy) is 2. The Bertz CT molecular complexity index is 1320. The molecule has 1 aromatic carbocycles.